The molecule has 2 aromatic rings. The predicted molar refractivity (Wildman–Crippen MR) is 113 cm³/mol. The largest absolute Gasteiger partial charge is 0.460 e. The summed E-state index contributed by atoms with van der Waals surface area (Å²) in [6.07, 6.45) is 4.71. The standard InChI is InChI=1S/C25H25NO3/c1-17-9-6-7-14-21(17)22(16-18-10-8-13-20(27)15-18)25(2)24(28)26-23(29-25)19-11-4-3-5-12-19/h3-7,9,11-12,14-15,22H,8,10,13,16H2,1-2H3/t22-,25+/m0/s1. The molecule has 1 aliphatic heterocycles. The second kappa shape index (κ2) is 7.78. The summed E-state index contributed by atoms with van der Waals surface area (Å²) in [6, 6.07) is 17.6. The molecule has 148 valence electrons. The fraction of sp³-hybridized carbons (Fsp3) is 0.320. The molecular weight excluding hydrogens is 362 g/mol. The number of rotatable bonds is 5. The van der Waals surface area contributed by atoms with Crippen LogP contribution in [0, 0.1) is 6.92 Å². The molecule has 2 aromatic carbocycles. The van der Waals surface area contributed by atoms with Crippen LogP contribution < -0.4 is 0 Å². The number of benzene rings is 2. The van der Waals surface area contributed by atoms with Gasteiger partial charge in [-0.2, -0.15) is 4.99 Å². The minimum absolute atomic E-state index is 0.167. The van der Waals surface area contributed by atoms with Crippen LogP contribution in [0.4, 0.5) is 0 Å². The third kappa shape index (κ3) is 3.80. The third-order valence-corrected chi connectivity index (χ3v) is 5.94. The molecule has 0 spiro atoms. The van der Waals surface area contributed by atoms with Gasteiger partial charge in [0.2, 0.25) is 5.90 Å². The van der Waals surface area contributed by atoms with Crippen LogP contribution in [0.3, 0.4) is 0 Å². The second-order valence-corrected chi connectivity index (χ2v) is 8.03. The molecule has 0 saturated carbocycles. The van der Waals surface area contributed by atoms with E-state index in [0.29, 0.717) is 18.7 Å². The number of hydrogen-bond donors (Lipinski definition) is 0. The number of ether oxygens (including phenoxy) is 1. The predicted octanol–water partition coefficient (Wildman–Crippen LogP) is 4.91. The van der Waals surface area contributed by atoms with Gasteiger partial charge in [-0.05, 0) is 62.4 Å². The van der Waals surface area contributed by atoms with Gasteiger partial charge in [-0.1, -0.05) is 48.0 Å². The maximum absolute atomic E-state index is 13.1. The van der Waals surface area contributed by atoms with E-state index in [1.807, 2.05) is 68.4 Å². The molecule has 2 aliphatic rings. The van der Waals surface area contributed by atoms with Gasteiger partial charge in [0, 0.05) is 17.9 Å². The first-order valence-electron chi connectivity index (χ1n) is 10.1. The summed E-state index contributed by atoms with van der Waals surface area (Å²) < 4.78 is 6.28. The lowest BCUT2D eigenvalue weighted by Gasteiger charge is -2.34. The Hall–Kier alpha value is -3.01. The van der Waals surface area contributed by atoms with E-state index < -0.39 is 5.60 Å². The van der Waals surface area contributed by atoms with Crippen molar-refractivity contribution in [3.8, 4) is 0 Å². The van der Waals surface area contributed by atoms with Gasteiger partial charge in [-0.25, -0.2) is 0 Å². The SMILES string of the molecule is Cc1ccccc1[C@H](CC1=CC(=O)CCC1)[C@@]1(C)OC(c2ccccc2)=NC1=O. The molecule has 1 heterocycles. The minimum atomic E-state index is -1.11. The van der Waals surface area contributed by atoms with Crippen molar-refractivity contribution in [2.75, 3.05) is 0 Å². The number of aryl methyl sites for hydroxylation is 1. The lowest BCUT2D eigenvalue weighted by atomic mass is 9.75. The normalized spacial score (nSPS) is 22.7. The summed E-state index contributed by atoms with van der Waals surface area (Å²) in [4.78, 5) is 29.3. The van der Waals surface area contributed by atoms with E-state index in [4.69, 9.17) is 4.74 Å². The summed E-state index contributed by atoms with van der Waals surface area (Å²) in [5.74, 6) is 0.0378. The molecule has 2 atom stereocenters. The van der Waals surface area contributed by atoms with Crippen molar-refractivity contribution in [2.24, 2.45) is 4.99 Å². The van der Waals surface area contributed by atoms with Crippen LogP contribution in [0.1, 0.15) is 55.2 Å². The average molecular weight is 387 g/mol. The zero-order chi connectivity index (χ0) is 20.4. The number of hydrogen-bond acceptors (Lipinski definition) is 3. The molecule has 1 amide bonds. The molecule has 4 heteroatoms. The summed E-state index contributed by atoms with van der Waals surface area (Å²) in [7, 11) is 0. The van der Waals surface area contributed by atoms with Gasteiger partial charge in [0.25, 0.3) is 5.91 Å². The Bertz CT molecular complexity index is 1010. The quantitative estimate of drug-likeness (QED) is 0.732. The molecule has 0 aromatic heterocycles. The van der Waals surface area contributed by atoms with Gasteiger partial charge in [0.1, 0.15) is 0 Å². The molecule has 0 N–H and O–H groups in total. The number of carbonyl (C=O) groups excluding carboxylic acids is 2. The third-order valence-electron chi connectivity index (χ3n) is 5.94. The highest BCUT2D eigenvalue weighted by molar-refractivity contribution is 6.09. The summed E-state index contributed by atoms with van der Waals surface area (Å²) in [5.41, 5.74) is 2.93. The molecule has 4 rings (SSSR count). The molecule has 0 bridgehead atoms. The lowest BCUT2D eigenvalue weighted by Crippen LogP contribution is -2.41. The molecule has 4 nitrogen and oxygen atoms in total. The van der Waals surface area contributed by atoms with E-state index in [0.717, 1.165) is 35.1 Å². The Balaban J connectivity index is 1.72. The number of aliphatic imine (C=N–C) groups is 1. The number of ketones is 1. The monoisotopic (exact) mass is 387 g/mol. The second-order valence-electron chi connectivity index (χ2n) is 8.03. The Kier molecular flexibility index (Phi) is 5.18. The first-order chi connectivity index (χ1) is 14.0. The maximum Gasteiger partial charge on any atom is 0.293 e. The minimum Gasteiger partial charge on any atom is -0.460 e. The van der Waals surface area contributed by atoms with Crippen molar-refractivity contribution in [1.82, 2.24) is 0 Å². The number of carbonyl (C=O) groups is 2. The van der Waals surface area contributed by atoms with E-state index in [9.17, 15) is 9.59 Å². The van der Waals surface area contributed by atoms with E-state index in [2.05, 4.69) is 4.99 Å². The topological polar surface area (TPSA) is 55.7 Å². The van der Waals surface area contributed by atoms with Crippen LogP contribution >= 0.6 is 0 Å². The van der Waals surface area contributed by atoms with E-state index in [1.165, 1.54) is 0 Å². The van der Waals surface area contributed by atoms with Crippen LogP contribution in [-0.4, -0.2) is 23.2 Å². The van der Waals surface area contributed by atoms with Crippen molar-refractivity contribution in [3.05, 3.63) is 82.9 Å². The average Bonchev–Trinajstić information content (AvgIpc) is 3.03. The Morgan fingerprint density at radius 2 is 1.76 bits per heavy atom. The zero-order valence-electron chi connectivity index (χ0n) is 16.9. The summed E-state index contributed by atoms with van der Waals surface area (Å²) >= 11 is 0. The number of allylic oxidation sites excluding steroid dienone is 2. The molecule has 29 heavy (non-hydrogen) atoms. The zero-order valence-corrected chi connectivity index (χ0v) is 16.9. The molecule has 0 radical (unpaired) electrons. The van der Waals surface area contributed by atoms with Gasteiger partial charge in [0.05, 0.1) is 0 Å². The molecule has 1 aliphatic carbocycles. The highest BCUT2D eigenvalue weighted by Gasteiger charge is 2.50. The summed E-state index contributed by atoms with van der Waals surface area (Å²) in [5, 5.41) is 0. The Labute approximate surface area is 171 Å². The molecule has 0 fully saturated rings. The highest BCUT2D eigenvalue weighted by Crippen LogP contribution is 2.43. The van der Waals surface area contributed by atoms with Crippen LogP contribution in [0.5, 0.6) is 0 Å². The van der Waals surface area contributed by atoms with E-state index >= 15 is 0 Å². The van der Waals surface area contributed by atoms with Gasteiger partial charge in [-0.3, -0.25) is 9.59 Å². The Morgan fingerprint density at radius 1 is 1.03 bits per heavy atom. The van der Waals surface area contributed by atoms with Gasteiger partial charge >= 0.3 is 0 Å². The first-order valence-corrected chi connectivity index (χ1v) is 10.1. The van der Waals surface area contributed by atoms with Crippen molar-refractivity contribution in [1.29, 1.82) is 0 Å². The van der Waals surface area contributed by atoms with Crippen LogP contribution in [0.15, 0.2) is 71.2 Å². The van der Waals surface area contributed by atoms with Gasteiger partial charge in [0.15, 0.2) is 11.4 Å². The van der Waals surface area contributed by atoms with E-state index in [-0.39, 0.29) is 17.6 Å². The van der Waals surface area contributed by atoms with Crippen molar-refractivity contribution in [3.63, 3.8) is 0 Å². The number of amides is 1. The van der Waals surface area contributed by atoms with Gasteiger partial charge < -0.3 is 4.74 Å². The first kappa shape index (κ1) is 19.3. The highest BCUT2D eigenvalue weighted by atomic mass is 16.5. The Morgan fingerprint density at radius 3 is 2.48 bits per heavy atom. The fourth-order valence-corrected chi connectivity index (χ4v) is 4.26. The number of nitrogens with zero attached hydrogens (tertiary/aromatic N) is 1. The van der Waals surface area contributed by atoms with E-state index in [1.54, 1.807) is 6.08 Å². The van der Waals surface area contributed by atoms with Crippen molar-refractivity contribution in [2.45, 2.75) is 51.0 Å². The maximum atomic E-state index is 13.1. The van der Waals surface area contributed by atoms with Gasteiger partial charge in [-0.15, -0.1) is 0 Å². The van der Waals surface area contributed by atoms with Crippen LogP contribution in [-0.2, 0) is 14.3 Å². The van der Waals surface area contributed by atoms with Crippen LogP contribution in [0.2, 0.25) is 0 Å². The molecular formula is C25H25NO3. The molecule has 0 unspecified atom stereocenters. The lowest BCUT2D eigenvalue weighted by molar-refractivity contribution is -0.131. The smallest absolute Gasteiger partial charge is 0.293 e. The van der Waals surface area contributed by atoms with Crippen molar-refractivity contribution < 1.29 is 14.3 Å². The van der Waals surface area contributed by atoms with Crippen LogP contribution in [0.25, 0.3) is 0 Å². The molecule has 0 saturated heterocycles. The fourth-order valence-electron chi connectivity index (χ4n) is 4.26. The summed E-state index contributed by atoms with van der Waals surface area (Å²) in [6.45, 7) is 3.88. The van der Waals surface area contributed by atoms with Crippen molar-refractivity contribution >= 4 is 17.6 Å².